The van der Waals surface area contributed by atoms with E-state index in [-0.39, 0.29) is 5.54 Å². The van der Waals surface area contributed by atoms with Crippen molar-refractivity contribution in [2.45, 2.75) is 38.6 Å². The number of rotatable bonds is 1. The van der Waals surface area contributed by atoms with Crippen LogP contribution in [0.5, 0.6) is 0 Å². The van der Waals surface area contributed by atoms with Gasteiger partial charge in [0, 0.05) is 4.88 Å². The fraction of sp³-hybridized carbons (Fsp3) is 0.667. The lowest BCUT2D eigenvalue weighted by Crippen LogP contribution is -2.46. The minimum Gasteiger partial charge on any atom is -0.320 e. The maximum atomic E-state index is 6.56. The van der Waals surface area contributed by atoms with E-state index in [1.54, 1.807) is 11.3 Å². The van der Waals surface area contributed by atoms with Gasteiger partial charge in [-0.15, -0.1) is 11.3 Å². The smallest absolute Gasteiger partial charge is 0.0564 e. The predicted molar refractivity (Wildman–Crippen MR) is 67.4 cm³/mol. The monoisotopic (exact) mass is 243 g/mol. The second-order valence-corrected chi connectivity index (χ2v) is 6.24. The van der Waals surface area contributed by atoms with E-state index < -0.39 is 0 Å². The standard InChI is InChI=1S/C12H18ClNS/c1-8-3-5-12(14,9(2)7-8)11-10(13)4-6-15-11/h4,6,8-9H,3,5,7,14H2,1-2H3. The summed E-state index contributed by atoms with van der Waals surface area (Å²) in [6.45, 7) is 4.57. The van der Waals surface area contributed by atoms with Gasteiger partial charge in [-0.2, -0.15) is 0 Å². The molecule has 0 saturated heterocycles. The van der Waals surface area contributed by atoms with Crippen LogP contribution in [-0.4, -0.2) is 0 Å². The molecule has 3 heteroatoms. The molecule has 1 aromatic heterocycles. The van der Waals surface area contributed by atoms with Crippen LogP contribution in [-0.2, 0) is 5.54 Å². The summed E-state index contributed by atoms with van der Waals surface area (Å²) in [4.78, 5) is 1.18. The van der Waals surface area contributed by atoms with Gasteiger partial charge in [0.05, 0.1) is 10.6 Å². The molecule has 0 amide bonds. The number of nitrogens with two attached hydrogens (primary N) is 1. The summed E-state index contributed by atoms with van der Waals surface area (Å²) in [6.07, 6.45) is 3.50. The number of halogens is 1. The van der Waals surface area contributed by atoms with Crippen LogP contribution in [0.2, 0.25) is 5.02 Å². The van der Waals surface area contributed by atoms with Crippen molar-refractivity contribution in [1.82, 2.24) is 0 Å². The molecule has 2 rings (SSSR count). The highest BCUT2D eigenvalue weighted by Gasteiger charge is 2.40. The summed E-state index contributed by atoms with van der Waals surface area (Å²) in [6, 6.07) is 1.96. The zero-order valence-corrected chi connectivity index (χ0v) is 10.9. The summed E-state index contributed by atoms with van der Waals surface area (Å²) < 4.78 is 0. The Morgan fingerprint density at radius 1 is 1.53 bits per heavy atom. The van der Waals surface area contributed by atoms with Crippen LogP contribution >= 0.6 is 22.9 Å². The quantitative estimate of drug-likeness (QED) is 0.793. The summed E-state index contributed by atoms with van der Waals surface area (Å²) in [5, 5.41) is 2.89. The zero-order chi connectivity index (χ0) is 11.1. The molecule has 0 bridgehead atoms. The maximum absolute atomic E-state index is 6.56. The molecule has 1 aliphatic carbocycles. The van der Waals surface area contributed by atoms with Crippen LogP contribution in [0.15, 0.2) is 11.4 Å². The Morgan fingerprint density at radius 3 is 2.80 bits per heavy atom. The van der Waals surface area contributed by atoms with Crippen molar-refractivity contribution >= 4 is 22.9 Å². The summed E-state index contributed by atoms with van der Waals surface area (Å²) in [5.74, 6) is 1.33. The number of thiophene rings is 1. The SMILES string of the molecule is CC1CCC(N)(c2sccc2Cl)C(C)C1. The zero-order valence-electron chi connectivity index (χ0n) is 9.29. The van der Waals surface area contributed by atoms with Crippen molar-refractivity contribution in [3.05, 3.63) is 21.3 Å². The van der Waals surface area contributed by atoms with Gasteiger partial charge in [-0.25, -0.2) is 0 Å². The third-order valence-corrected chi connectivity index (χ3v) is 5.26. The molecule has 0 aromatic carbocycles. The van der Waals surface area contributed by atoms with Gasteiger partial charge in [0.15, 0.2) is 0 Å². The van der Waals surface area contributed by atoms with Gasteiger partial charge in [-0.3, -0.25) is 0 Å². The molecule has 0 radical (unpaired) electrons. The number of hydrogen-bond donors (Lipinski definition) is 1. The van der Waals surface area contributed by atoms with E-state index in [0.29, 0.717) is 5.92 Å². The van der Waals surface area contributed by atoms with Crippen molar-refractivity contribution in [3.63, 3.8) is 0 Å². The van der Waals surface area contributed by atoms with E-state index in [1.807, 2.05) is 11.4 Å². The second-order valence-electron chi connectivity index (χ2n) is 4.92. The molecule has 1 fully saturated rings. The van der Waals surface area contributed by atoms with E-state index in [9.17, 15) is 0 Å². The Hall–Kier alpha value is -0.0500. The van der Waals surface area contributed by atoms with E-state index in [1.165, 1.54) is 17.7 Å². The summed E-state index contributed by atoms with van der Waals surface area (Å²) in [5.41, 5.74) is 6.37. The van der Waals surface area contributed by atoms with Gasteiger partial charge in [0.25, 0.3) is 0 Å². The van der Waals surface area contributed by atoms with E-state index in [4.69, 9.17) is 17.3 Å². The molecule has 0 spiro atoms. The first-order valence-electron chi connectivity index (χ1n) is 5.56. The van der Waals surface area contributed by atoms with Gasteiger partial charge in [-0.05, 0) is 42.5 Å². The fourth-order valence-corrected chi connectivity index (χ4v) is 4.12. The van der Waals surface area contributed by atoms with E-state index in [2.05, 4.69) is 13.8 Å². The van der Waals surface area contributed by atoms with Crippen molar-refractivity contribution in [2.24, 2.45) is 17.6 Å². The minimum absolute atomic E-state index is 0.183. The molecule has 1 saturated carbocycles. The minimum atomic E-state index is -0.183. The molecular formula is C12H18ClNS. The fourth-order valence-electron chi connectivity index (χ4n) is 2.63. The maximum Gasteiger partial charge on any atom is 0.0564 e. The van der Waals surface area contributed by atoms with Crippen molar-refractivity contribution in [2.75, 3.05) is 0 Å². The molecule has 3 unspecified atom stereocenters. The Kier molecular flexibility index (Phi) is 3.11. The number of hydrogen-bond acceptors (Lipinski definition) is 2. The normalized spacial score (nSPS) is 36.8. The molecule has 2 N–H and O–H groups in total. The van der Waals surface area contributed by atoms with Crippen LogP contribution in [0, 0.1) is 11.8 Å². The summed E-state index contributed by atoms with van der Waals surface area (Å²) in [7, 11) is 0. The van der Waals surface area contributed by atoms with Crippen molar-refractivity contribution in [1.29, 1.82) is 0 Å². The third-order valence-electron chi connectivity index (χ3n) is 3.73. The molecular weight excluding hydrogens is 226 g/mol. The highest BCUT2D eigenvalue weighted by molar-refractivity contribution is 7.10. The molecule has 1 heterocycles. The van der Waals surface area contributed by atoms with Crippen LogP contribution in [0.3, 0.4) is 0 Å². The first-order chi connectivity index (χ1) is 7.04. The Morgan fingerprint density at radius 2 is 2.27 bits per heavy atom. The average molecular weight is 244 g/mol. The largest absolute Gasteiger partial charge is 0.320 e. The lowest BCUT2D eigenvalue weighted by Gasteiger charge is -2.41. The third kappa shape index (κ3) is 1.95. The lowest BCUT2D eigenvalue weighted by molar-refractivity contribution is 0.168. The first kappa shape index (κ1) is 11.4. The van der Waals surface area contributed by atoms with Gasteiger partial charge in [-0.1, -0.05) is 25.4 Å². The van der Waals surface area contributed by atoms with Gasteiger partial charge >= 0.3 is 0 Å². The molecule has 1 aliphatic rings. The van der Waals surface area contributed by atoms with Crippen molar-refractivity contribution < 1.29 is 0 Å². The van der Waals surface area contributed by atoms with Gasteiger partial charge < -0.3 is 5.73 Å². The summed E-state index contributed by atoms with van der Waals surface area (Å²) >= 11 is 7.90. The predicted octanol–water partition coefficient (Wildman–Crippen LogP) is 4.01. The molecule has 1 aromatic rings. The highest BCUT2D eigenvalue weighted by atomic mass is 35.5. The Labute approximate surface area is 101 Å². The first-order valence-corrected chi connectivity index (χ1v) is 6.82. The van der Waals surface area contributed by atoms with Crippen LogP contribution in [0.4, 0.5) is 0 Å². The van der Waals surface area contributed by atoms with Gasteiger partial charge in [0.2, 0.25) is 0 Å². The van der Waals surface area contributed by atoms with Crippen LogP contribution in [0.1, 0.15) is 38.0 Å². The molecule has 0 aliphatic heterocycles. The molecule has 3 atom stereocenters. The van der Waals surface area contributed by atoms with E-state index in [0.717, 1.165) is 17.4 Å². The average Bonchev–Trinajstić information content (AvgIpc) is 2.59. The highest BCUT2D eigenvalue weighted by Crippen LogP contribution is 2.45. The lowest BCUT2D eigenvalue weighted by atomic mass is 9.70. The Bertz CT molecular complexity index is 349. The van der Waals surface area contributed by atoms with Crippen molar-refractivity contribution in [3.8, 4) is 0 Å². The second kappa shape index (κ2) is 4.08. The molecule has 1 nitrogen and oxygen atoms in total. The van der Waals surface area contributed by atoms with Crippen LogP contribution < -0.4 is 5.73 Å². The molecule has 84 valence electrons. The van der Waals surface area contributed by atoms with Gasteiger partial charge in [0.1, 0.15) is 0 Å². The molecule has 15 heavy (non-hydrogen) atoms. The van der Waals surface area contributed by atoms with Crippen LogP contribution in [0.25, 0.3) is 0 Å². The Balaban J connectivity index is 2.30. The van der Waals surface area contributed by atoms with E-state index >= 15 is 0 Å². The topological polar surface area (TPSA) is 26.0 Å².